The summed E-state index contributed by atoms with van der Waals surface area (Å²) < 4.78 is 0. The third-order valence-corrected chi connectivity index (χ3v) is 3.97. The van der Waals surface area contributed by atoms with Gasteiger partial charge in [0.05, 0.1) is 11.0 Å². The van der Waals surface area contributed by atoms with Gasteiger partial charge in [0.2, 0.25) is 0 Å². The van der Waals surface area contributed by atoms with Crippen LogP contribution in [0.1, 0.15) is 28.9 Å². The fourth-order valence-corrected chi connectivity index (χ4v) is 2.73. The van der Waals surface area contributed by atoms with Crippen LogP contribution in [0.2, 0.25) is 5.02 Å². The lowest BCUT2D eigenvalue weighted by atomic mass is 10.0. The molecule has 1 aliphatic carbocycles. The molecule has 3 nitrogen and oxygen atoms in total. The van der Waals surface area contributed by atoms with E-state index in [0.29, 0.717) is 10.7 Å². The van der Waals surface area contributed by atoms with Gasteiger partial charge < -0.3 is 5.32 Å². The van der Waals surface area contributed by atoms with E-state index in [0.717, 1.165) is 18.4 Å². The molecule has 1 aliphatic rings. The van der Waals surface area contributed by atoms with Crippen LogP contribution in [0.15, 0.2) is 35.2 Å². The molecule has 1 amide bonds. The molecule has 18 heavy (non-hydrogen) atoms. The van der Waals surface area contributed by atoms with E-state index in [2.05, 4.69) is 10.3 Å². The minimum Gasteiger partial charge on any atom is -0.341 e. The van der Waals surface area contributed by atoms with Crippen LogP contribution in [0.25, 0.3) is 0 Å². The number of nitrogens with zero attached hydrogens (tertiary/aromatic N) is 1. The van der Waals surface area contributed by atoms with Crippen molar-refractivity contribution in [3.05, 3.63) is 51.4 Å². The van der Waals surface area contributed by atoms with Gasteiger partial charge >= 0.3 is 0 Å². The molecule has 1 aromatic heterocycles. The second-order valence-corrected chi connectivity index (χ2v) is 5.58. The highest BCUT2D eigenvalue weighted by Crippen LogP contribution is 2.46. The van der Waals surface area contributed by atoms with Gasteiger partial charge in [0, 0.05) is 10.4 Å². The zero-order chi connectivity index (χ0) is 12.6. The molecular formula is C13H11ClN2OS. The predicted octanol–water partition coefficient (Wildman–Crippen LogP) is 3.22. The fourth-order valence-electron chi connectivity index (χ4n) is 2.00. The van der Waals surface area contributed by atoms with Gasteiger partial charge in [-0.15, -0.1) is 11.3 Å². The Kier molecular flexibility index (Phi) is 2.84. The topological polar surface area (TPSA) is 42.0 Å². The lowest BCUT2D eigenvalue weighted by molar-refractivity contribution is 0.0926. The minimum atomic E-state index is -0.244. The van der Waals surface area contributed by atoms with Crippen molar-refractivity contribution in [3.63, 3.8) is 0 Å². The van der Waals surface area contributed by atoms with Crippen LogP contribution in [-0.4, -0.2) is 10.9 Å². The van der Waals surface area contributed by atoms with Crippen molar-refractivity contribution in [2.75, 3.05) is 0 Å². The lowest BCUT2D eigenvalue weighted by Crippen LogP contribution is -2.35. The molecule has 92 valence electrons. The summed E-state index contributed by atoms with van der Waals surface area (Å²) in [5.74, 6) is -0.117. The predicted molar refractivity (Wildman–Crippen MR) is 71.9 cm³/mol. The number of thiazole rings is 1. The van der Waals surface area contributed by atoms with Gasteiger partial charge in [-0.1, -0.05) is 23.7 Å². The zero-order valence-corrected chi connectivity index (χ0v) is 11.1. The van der Waals surface area contributed by atoms with Crippen molar-refractivity contribution in [1.29, 1.82) is 0 Å². The molecule has 1 N–H and O–H groups in total. The number of halogens is 1. The van der Waals surface area contributed by atoms with Crippen molar-refractivity contribution in [2.24, 2.45) is 0 Å². The van der Waals surface area contributed by atoms with E-state index in [1.807, 2.05) is 24.3 Å². The van der Waals surface area contributed by atoms with Crippen molar-refractivity contribution in [3.8, 4) is 0 Å². The first-order chi connectivity index (χ1) is 8.70. The van der Waals surface area contributed by atoms with Crippen molar-refractivity contribution >= 4 is 28.8 Å². The normalized spacial score (nSPS) is 16.3. The molecule has 0 saturated heterocycles. The molecule has 1 saturated carbocycles. The van der Waals surface area contributed by atoms with E-state index >= 15 is 0 Å². The van der Waals surface area contributed by atoms with Crippen LogP contribution in [0.3, 0.4) is 0 Å². The Labute approximate surface area is 114 Å². The van der Waals surface area contributed by atoms with E-state index in [4.69, 9.17) is 11.6 Å². The standard InChI is InChI=1S/C13H11ClN2OS/c14-10-3-1-2-9(6-10)13(4-5-13)16-12(17)11-7-18-8-15-11/h1-3,6-8H,4-5H2,(H,16,17). The molecule has 0 atom stereocenters. The molecule has 3 rings (SSSR count). The monoisotopic (exact) mass is 278 g/mol. The number of aromatic nitrogens is 1. The van der Waals surface area contributed by atoms with Crippen LogP contribution in [0.4, 0.5) is 0 Å². The Morgan fingerprint density at radius 1 is 1.44 bits per heavy atom. The highest BCUT2D eigenvalue weighted by molar-refractivity contribution is 7.07. The van der Waals surface area contributed by atoms with Gasteiger partial charge in [-0.05, 0) is 30.5 Å². The summed E-state index contributed by atoms with van der Waals surface area (Å²) in [7, 11) is 0. The Morgan fingerprint density at radius 3 is 2.89 bits per heavy atom. The van der Waals surface area contributed by atoms with Gasteiger partial charge in [0.1, 0.15) is 5.69 Å². The highest BCUT2D eigenvalue weighted by Gasteiger charge is 2.46. The highest BCUT2D eigenvalue weighted by atomic mass is 35.5. The van der Waals surface area contributed by atoms with Crippen molar-refractivity contribution < 1.29 is 4.79 Å². The number of nitrogens with one attached hydrogen (secondary N) is 1. The molecule has 1 aromatic carbocycles. The van der Waals surface area contributed by atoms with Crippen LogP contribution < -0.4 is 5.32 Å². The van der Waals surface area contributed by atoms with Gasteiger partial charge in [0.25, 0.3) is 5.91 Å². The number of carbonyl (C=O) groups is 1. The summed E-state index contributed by atoms with van der Waals surface area (Å²) in [4.78, 5) is 16.0. The molecule has 0 radical (unpaired) electrons. The second kappa shape index (κ2) is 4.37. The first-order valence-electron chi connectivity index (χ1n) is 5.66. The van der Waals surface area contributed by atoms with Gasteiger partial charge in [-0.2, -0.15) is 0 Å². The summed E-state index contributed by atoms with van der Waals surface area (Å²) in [6, 6.07) is 7.66. The van der Waals surface area contributed by atoms with Crippen LogP contribution in [-0.2, 0) is 5.54 Å². The van der Waals surface area contributed by atoms with E-state index in [1.165, 1.54) is 11.3 Å². The Balaban J connectivity index is 1.82. The first kappa shape index (κ1) is 11.7. The quantitative estimate of drug-likeness (QED) is 0.937. The average Bonchev–Trinajstić information content (AvgIpc) is 2.93. The smallest absolute Gasteiger partial charge is 0.271 e. The van der Waals surface area contributed by atoms with Gasteiger partial charge in [-0.25, -0.2) is 4.98 Å². The Morgan fingerprint density at radius 2 is 2.28 bits per heavy atom. The number of rotatable bonds is 3. The van der Waals surface area contributed by atoms with Crippen LogP contribution >= 0.6 is 22.9 Å². The first-order valence-corrected chi connectivity index (χ1v) is 6.98. The maximum atomic E-state index is 12.0. The molecule has 5 heteroatoms. The number of amides is 1. The van der Waals surface area contributed by atoms with E-state index in [9.17, 15) is 4.79 Å². The summed E-state index contributed by atoms with van der Waals surface area (Å²) >= 11 is 7.41. The summed E-state index contributed by atoms with van der Waals surface area (Å²) in [5.41, 5.74) is 2.96. The van der Waals surface area contributed by atoms with E-state index in [-0.39, 0.29) is 11.4 Å². The molecule has 1 fully saturated rings. The minimum absolute atomic E-state index is 0.117. The maximum absolute atomic E-state index is 12.0. The van der Waals surface area contributed by atoms with Gasteiger partial charge in [-0.3, -0.25) is 4.79 Å². The third-order valence-electron chi connectivity index (χ3n) is 3.14. The Bertz CT molecular complexity index is 578. The summed E-state index contributed by atoms with van der Waals surface area (Å²) in [6.07, 6.45) is 1.90. The summed E-state index contributed by atoms with van der Waals surface area (Å²) in [6.45, 7) is 0. The number of hydrogen-bond acceptors (Lipinski definition) is 3. The van der Waals surface area contributed by atoms with E-state index < -0.39 is 0 Å². The molecule has 1 heterocycles. The average molecular weight is 279 g/mol. The molecular weight excluding hydrogens is 268 g/mol. The second-order valence-electron chi connectivity index (χ2n) is 4.42. The summed E-state index contributed by atoms with van der Waals surface area (Å²) in [5, 5.41) is 5.51. The van der Waals surface area contributed by atoms with Crippen LogP contribution in [0.5, 0.6) is 0 Å². The lowest BCUT2D eigenvalue weighted by Gasteiger charge is -2.17. The molecule has 0 aliphatic heterocycles. The molecule has 0 bridgehead atoms. The molecule has 0 unspecified atom stereocenters. The maximum Gasteiger partial charge on any atom is 0.271 e. The Hall–Kier alpha value is -1.39. The zero-order valence-electron chi connectivity index (χ0n) is 9.52. The fraction of sp³-hybridized carbons (Fsp3) is 0.231. The number of hydrogen-bond donors (Lipinski definition) is 1. The van der Waals surface area contributed by atoms with Crippen LogP contribution in [0, 0.1) is 0 Å². The van der Waals surface area contributed by atoms with E-state index in [1.54, 1.807) is 10.9 Å². The van der Waals surface area contributed by atoms with Gasteiger partial charge in [0.15, 0.2) is 0 Å². The molecule has 0 spiro atoms. The third kappa shape index (κ3) is 2.13. The molecule has 2 aromatic rings. The number of benzene rings is 1. The van der Waals surface area contributed by atoms with Crippen molar-refractivity contribution in [1.82, 2.24) is 10.3 Å². The SMILES string of the molecule is O=C(NC1(c2cccc(Cl)c2)CC1)c1cscn1. The number of carbonyl (C=O) groups excluding carboxylic acids is 1. The van der Waals surface area contributed by atoms with Crippen molar-refractivity contribution in [2.45, 2.75) is 18.4 Å². The largest absolute Gasteiger partial charge is 0.341 e.